The second kappa shape index (κ2) is 21.8. The van der Waals surface area contributed by atoms with Gasteiger partial charge in [0.15, 0.2) is 11.3 Å². The highest BCUT2D eigenvalue weighted by molar-refractivity contribution is 6.30. The Bertz CT molecular complexity index is 2750. The fourth-order valence-electron chi connectivity index (χ4n) is 7.25. The SMILES string of the molecule is CC/N=c1/ccc2nc3c(cc(NC(=O)CCOCCOCCOCCOCCNC(=O)Cc4c(C)n(C(=O)c5ccc(Cl)cc5)c5ccc(OC)cc45)c4ccccc43)oc-2c1. The Hall–Kier alpha value is -6.16. The minimum absolute atomic E-state index is 0.0783. The molecule has 5 aromatic rings. The molecule has 63 heavy (non-hydrogen) atoms. The Morgan fingerprint density at radius 2 is 1.48 bits per heavy atom. The summed E-state index contributed by atoms with van der Waals surface area (Å²) in [7, 11) is 1.58. The molecule has 2 heterocycles. The Labute approximate surface area is 369 Å². The van der Waals surface area contributed by atoms with Crippen LogP contribution >= 0.6 is 11.6 Å². The van der Waals surface area contributed by atoms with Crippen LogP contribution in [0.4, 0.5) is 5.69 Å². The Balaban J connectivity index is 0.756. The number of carbonyl (C=O) groups is 3. The normalized spacial score (nSPS) is 11.8. The van der Waals surface area contributed by atoms with Gasteiger partial charge in [-0.25, -0.2) is 4.98 Å². The van der Waals surface area contributed by atoms with E-state index in [2.05, 4.69) is 15.6 Å². The average molecular weight is 876 g/mol. The first kappa shape index (κ1) is 44.9. The zero-order valence-corrected chi connectivity index (χ0v) is 36.3. The van der Waals surface area contributed by atoms with E-state index in [4.69, 9.17) is 44.7 Å². The fourth-order valence-corrected chi connectivity index (χ4v) is 7.37. The van der Waals surface area contributed by atoms with E-state index in [1.807, 2.05) is 74.5 Å². The number of amides is 2. The van der Waals surface area contributed by atoms with E-state index in [1.165, 1.54) is 0 Å². The number of halogens is 1. The number of benzene rings is 5. The van der Waals surface area contributed by atoms with Crippen LogP contribution in [0.5, 0.6) is 5.75 Å². The predicted molar refractivity (Wildman–Crippen MR) is 242 cm³/mol. The number of carbonyl (C=O) groups excluding carboxylic acids is 3. The van der Waals surface area contributed by atoms with Crippen LogP contribution in [0.3, 0.4) is 0 Å². The molecule has 0 atom stereocenters. The third-order valence-corrected chi connectivity index (χ3v) is 10.6. The molecule has 1 aliphatic heterocycles. The van der Waals surface area contributed by atoms with Crippen LogP contribution in [0.15, 0.2) is 100 Å². The van der Waals surface area contributed by atoms with Crippen molar-refractivity contribution in [2.75, 3.05) is 78.4 Å². The number of nitrogens with zero attached hydrogens (tertiary/aromatic N) is 3. The van der Waals surface area contributed by atoms with E-state index < -0.39 is 0 Å². The Morgan fingerprint density at radius 3 is 2.19 bits per heavy atom. The summed E-state index contributed by atoms with van der Waals surface area (Å²) in [4.78, 5) is 48.8. The minimum Gasteiger partial charge on any atom is -0.497 e. The summed E-state index contributed by atoms with van der Waals surface area (Å²) < 4.78 is 35.8. The van der Waals surface area contributed by atoms with Gasteiger partial charge in [-0.3, -0.25) is 23.9 Å². The number of hydrogen-bond acceptors (Lipinski definition) is 11. The molecular weight excluding hydrogens is 826 g/mol. The smallest absolute Gasteiger partial charge is 0.262 e. The minimum atomic E-state index is -0.215. The molecule has 2 N–H and O–H groups in total. The number of methoxy groups -OCH3 is 1. The molecule has 4 aromatic carbocycles. The van der Waals surface area contributed by atoms with E-state index in [-0.39, 0.29) is 37.2 Å². The highest BCUT2D eigenvalue weighted by atomic mass is 35.5. The maximum absolute atomic E-state index is 13.5. The number of aromatic nitrogens is 2. The van der Waals surface area contributed by atoms with Crippen molar-refractivity contribution in [2.24, 2.45) is 4.99 Å². The quantitative estimate of drug-likeness (QED) is 0.0423. The van der Waals surface area contributed by atoms with Gasteiger partial charge < -0.3 is 38.7 Å². The van der Waals surface area contributed by atoms with Gasteiger partial charge >= 0.3 is 0 Å². The summed E-state index contributed by atoms with van der Waals surface area (Å²) in [5.74, 6) is 0.655. The summed E-state index contributed by atoms with van der Waals surface area (Å²) in [5.41, 5.74) is 5.24. The number of fused-ring (bicyclic) bond motifs is 5. The summed E-state index contributed by atoms with van der Waals surface area (Å²) in [5, 5.41) is 9.79. The van der Waals surface area contributed by atoms with Crippen molar-refractivity contribution in [1.29, 1.82) is 0 Å². The van der Waals surface area contributed by atoms with Gasteiger partial charge in [0.25, 0.3) is 5.91 Å². The van der Waals surface area contributed by atoms with Gasteiger partial charge in [0.05, 0.1) is 89.4 Å². The summed E-state index contributed by atoms with van der Waals surface area (Å²) >= 11 is 6.04. The Kier molecular flexibility index (Phi) is 15.5. The van der Waals surface area contributed by atoms with Crippen molar-refractivity contribution in [1.82, 2.24) is 14.9 Å². The van der Waals surface area contributed by atoms with Crippen molar-refractivity contribution in [3.63, 3.8) is 0 Å². The molecule has 0 saturated heterocycles. The second-order valence-corrected chi connectivity index (χ2v) is 15.0. The van der Waals surface area contributed by atoms with Gasteiger partial charge in [-0.1, -0.05) is 35.9 Å². The molecule has 1 aliphatic carbocycles. The van der Waals surface area contributed by atoms with Crippen LogP contribution in [0.25, 0.3) is 44.2 Å². The summed E-state index contributed by atoms with van der Waals surface area (Å²) in [6.07, 6.45) is 0.248. The molecule has 0 unspecified atom stereocenters. The van der Waals surface area contributed by atoms with Crippen LogP contribution in [0.2, 0.25) is 5.02 Å². The van der Waals surface area contributed by atoms with Gasteiger partial charge in [0, 0.05) is 57.7 Å². The molecule has 0 spiro atoms. The molecule has 0 radical (unpaired) electrons. The van der Waals surface area contributed by atoms with Gasteiger partial charge in [-0.05, 0) is 74.0 Å². The van der Waals surface area contributed by atoms with E-state index in [0.29, 0.717) is 104 Å². The molecule has 1 aromatic heterocycles. The molecule has 7 rings (SSSR count). The molecule has 328 valence electrons. The number of ether oxygens (including phenoxy) is 5. The summed E-state index contributed by atoms with van der Waals surface area (Å²) in [6, 6.07) is 27.5. The zero-order chi connectivity index (χ0) is 44.1. The lowest BCUT2D eigenvalue weighted by molar-refractivity contribution is -0.120. The average Bonchev–Trinajstić information content (AvgIpc) is 3.56. The molecule has 14 nitrogen and oxygen atoms in total. The Morgan fingerprint density at radius 1 is 0.778 bits per heavy atom. The van der Waals surface area contributed by atoms with Gasteiger partial charge in [-0.15, -0.1) is 0 Å². The molecule has 2 aliphatic rings. The maximum atomic E-state index is 13.5. The van der Waals surface area contributed by atoms with Crippen LogP contribution in [-0.4, -0.2) is 100 Å². The standard InChI is InChI=1S/C48H50ClN5O9/c1-4-50-34-13-15-40-43(27-34)63-44-30-41(36-7-5-6-8-37(36)47(44)53-40)52-45(55)17-19-59-21-23-61-25-26-62-24-22-60-20-18-51-46(56)29-38-31(2)54(42-16-14-35(58-3)28-39(38)42)48(57)32-9-11-33(49)12-10-32/h5-16,27-28,30H,4,17-26,29H2,1-3H3,(H,51,56)(H,52,55)/b50-34-. The largest absolute Gasteiger partial charge is 0.497 e. The lowest BCUT2D eigenvalue weighted by Crippen LogP contribution is -2.29. The first-order valence-corrected chi connectivity index (χ1v) is 21.2. The number of nitrogens with one attached hydrogen (secondary N) is 2. The molecule has 0 fully saturated rings. The third-order valence-electron chi connectivity index (χ3n) is 10.3. The van der Waals surface area contributed by atoms with E-state index in [9.17, 15) is 14.4 Å². The van der Waals surface area contributed by atoms with Crippen LogP contribution in [0, 0.1) is 6.92 Å². The molecule has 15 heteroatoms. The highest BCUT2D eigenvalue weighted by Gasteiger charge is 2.22. The second-order valence-electron chi connectivity index (χ2n) is 14.5. The highest BCUT2D eigenvalue weighted by Crippen LogP contribution is 2.34. The number of anilines is 1. The van der Waals surface area contributed by atoms with Crippen molar-refractivity contribution in [3.05, 3.63) is 118 Å². The number of hydrogen-bond donors (Lipinski definition) is 2. The molecule has 2 amide bonds. The van der Waals surface area contributed by atoms with Gasteiger partial charge in [0.1, 0.15) is 17.0 Å². The molecule has 0 bridgehead atoms. The van der Waals surface area contributed by atoms with Crippen molar-refractivity contribution in [3.8, 4) is 17.2 Å². The van der Waals surface area contributed by atoms with E-state index >= 15 is 0 Å². The van der Waals surface area contributed by atoms with E-state index in [0.717, 1.165) is 38.3 Å². The topological polar surface area (TPSA) is 165 Å². The van der Waals surface area contributed by atoms with E-state index in [1.54, 1.807) is 42.0 Å². The maximum Gasteiger partial charge on any atom is 0.262 e. The predicted octanol–water partition coefficient (Wildman–Crippen LogP) is 7.37. The summed E-state index contributed by atoms with van der Waals surface area (Å²) in [6.45, 7) is 7.53. The fraction of sp³-hybridized carbons (Fsp3) is 0.312. The monoisotopic (exact) mass is 875 g/mol. The lowest BCUT2D eigenvalue weighted by Gasteiger charge is -2.13. The van der Waals surface area contributed by atoms with Crippen LogP contribution < -0.4 is 20.7 Å². The van der Waals surface area contributed by atoms with Crippen molar-refractivity contribution >= 4 is 67.8 Å². The first-order valence-electron chi connectivity index (χ1n) is 20.9. The first-order chi connectivity index (χ1) is 30.7. The third kappa shape index (κ3) is 11.3. The zero-order valence-electron chi connectivity index (χ0n) is 35.5. The molecule has 0 saturated carbocycles. The van der Waals surface area contributed by atoms with Crippen LogP contribution in [-0.2, 0) is 35.0 Å². The van der Waals surface area contributed by atoms with Gasteiger partial charge in [0.2, 0.25) is 11.8 Å². The van der Waals surface area contributed by atoms with Crippen molar-refractivity contribution < 1.29 is 42.5 Å². The van der Waals surface area contributed by atoms with Gasteiger partial charge in [-0.2, -0.15) is 0 Å². The lowest BCUT2D eigenvalue weighted by atomic mass is 10.1. The number of rotatable bonds is 21. The molecular formula is C48H50ClN5O9. The van der Waals surface area contributed by atoms with Crippen LogP contribution in [0.1, 0.15) is 35.0 Å². The van der Waals surface area contributed by atoms with Crippen molar-refractivity contribution in [2.45, 2.75) is 26.7 Å².